The Morgan fingerprint density at radius 1 is 0.679 bits per heavy atom. The summed E-state index contributed by atoms with van der Waals surface area (Å²) in [5, 5.41) is 17.4. The van der Waals surface area contributed by atoms with Crippen molar-refractivity contribution in [3.05, 3.63) is 0 Å². The molecule has 28 heavy (non-hydrogen) atoms. The van der Waals surface area contributed by atoms with Gasteiger partial charge in [0, 0.05) is 26.1 Å². The first kappa shape index (κ1) is 26.8. The second kappa shape index (κ2) is 19.1. The molecule has 8 heteroatoms. The van der Waals surface area contributed by atoms with Gasteiger partial charge >= 0.3 is 11.9 Å². The van der Waals surface area contributed by atoms with Crippen molar-refractivity contribution in [1.29, 1.82) is 0 Å². The minimum atomic E-state index is -0.323. The first-order chi connectivity index (χ1) is 13.5. The van der Waals surface area contributed by atoms with E-state index in [0.29, 0.717) is 65.0 Å². The van der Waals surface area contributed by atoms with Crippen molar-refractivity contribution in [3.8, 4) is 0 Å². The van der Waals surface area contributed by atoms with E-state index in [1.54, 1.807) is 13.8 Å². The Kier molecular flexibility index (Phi) is 18.3. The molecule has 0 aromatic heterocycles. The molecule has 2 atom stereocenters. The SMILES string of the molecule is CC(COCCOCC(C)OC(=O)CCCCCO)OC(=O)CCCCCO. The fourth-order valence-corrected chi connectivity index (χ4v) is 2.37. The molecule has 0 radical (unpaired) electrons. The van der Waals surface area contributed by atoms with Gasteiger partial charge in [0.25, 0.3) is 0 Å². The van der Waals surface area contributed by atoms with Crippen LogP contribution in [0.4, 0.5) is 0 Å². The largest absolute Gasteiger partial charge is 0.460 e. The summed E-state index contributed by atoms with van der Waals surface area (Å²) in [7, 11) is 0. The maximum absolute atomic E-state index is 11.6. The van der Waals surface area contributed by atoms with E-state index in [1.165, 1.54) is 0 Å². The summed E-state index contributed by atoms with van der Waals surface area (Å²) in [5.41, 5.74) is 0. The predicted octanol–water partition coefficient (Wildman–Crippen LogP) is 1.99. The second-order valence-electron chi connectivity index (χ2n) is 6.82. The van der Waals surface area contributed by atoms with Crippen LogP contribution in [0, 0.1) is 0 Å². The van der Waals surface area contributed by atoms with Crippen molar-refractivity contribution >= 4 is 11.9 Å². The average molecular weight is 407 g/mol. The summed E-state index contributed by atoms with van der Waals surface area (Å²) in [4.78, 5) is 23.2. The third-order valence-corrected chi connectivity index (χ3v) is 3.82. The van der Waals surface area contributed by atoms with Crippen LogP contribution in [-0.4, -0.2) is 74.0 Å². The first-order valence-electron chi connectivity index (χ1n) is 10.3. The summed E-state index contributed by atoms with van der Waals surface area (Å²) < 4.78 is 21.3. The number of esters is 2. The van der Waals surface area contributed by atoms with Crippen molar-refractivity contribution in [2.24, 2.45) is 0 Å². The topological polar surface area (TPSA) is 112 Å². The fourth-order valence-electron chi connectivity index (χ4n) is 2.37. The molecule has 0 fully saturated rings. The Morgan fingerprint density at radius 3 is 1.43 bits per heavy atom. The van der Waals surface area contributed by atoms with Crippen molar-refractivity contribution < 1.29 is 38.7 Å². The first-order valence-corrected chi connectivity index (χ1v) is 10.3. The van der Waals surface area contributed by atoms with Crippen LogP contribution >= 0.6 is 0 Å². The highest BCUT2D eigenvalue weighted by atomic mass is 16.6. The molecule has 0 saturated carbocycles. The molecule has 0 heterocycles. The van der Waals surface area contributed by atoms with Crippen LogP contribution in [0.1, 0.15) is 65.2 Å². The number of ether oxygens (including phenoxy) is 4. The number of hydrogen-bond donors (Lipinski definition) is 2. The summed E-state index contributed by atoms with van der Waals surface area (Å²) in [6, 6.07) is 0. The van der Waals surface area contributed by atoms with Gasteiger partial charge in [-0.25, -0.2) is 0 Å². The van der Waals surface area contributed by atoms with E-state index >= 15 is 0 Å². The van der Waals surface area contributed by atoms with Gasteiger partial charge in [-0.2, -0.15) is 0 Å². The van der Waals surface area contributed by atoms with Gasteiger partial charge in [0.1, 0.15) is 12.2 Å². The molecule has 0 rings (SSSR count). The minimum absolute atomic E-state index is 0.147. The van der Waals surface area contributed by atoms with E-state index in [-0.39, 0.29) is 37.4 Å². The van der Waals surface area contributed by atoms with Gasteiger partial charge in [-0.15, -0.1) is 0 Å². The standard InChI is InChI=1S/C20H38O8/c1-17(27-19(23)9-5-3-7-11-21)15-25-13-14-26-16-18(2)28-20(24)10-6-4-8-12-22/h17-18,21-22H,3-16H2,1-2H3. The monoisotopic (exact) mass is 406 g/mol. The Bertz CT molecular complexity index is 352. The quantitative estimate of drug-likeness (QED) is 0.247. The molecule has 0 spiro atoms. The Hall–Kier alpha value is -1.22. The highest BCUT2D eigenvalue weighted by molar-refractivity contribution is 5.69. The Balaban J connectivity index is 3.53. The van der Waals surface area contributed by atoms with E-state index in [0.717, 1.165) is 12.8 Å². The zero-order valence-corrected chi connectivity index (χ0v) is 17.4. The minimum Gasteiger partial charge on any atom is -0.460 e. The highest BCUT2D eigenvalue weighted by Gasteiger charge is 2.11. The third-order valence-electron chi connectivity index (χ3n) is 3.82. The van der Waals surface area contributed by atoms with Gasteiger partial charge in [-0.1, -0.05) is 12.8 Å². The maximum atomic E-state index is 11.6. The molecular formula is C20H38O8. The van der Waals surface area contributed by atoms with E-state index in [1.807, 2.05) is 0 Å². The molecule has 0 aromatic carbocycles. The zero-order chi connectivity index (χ0) is 21.0. The predicted molar refractivity (Wildman–Crippen MR) is 104 cm³/mol. The second-order valence-corrected chi connectivity index (χ2v) is 6.82. The Labute approximate surface area is 168 Å². The summed E-state index contributed by atoms with van der Waals surface area (Å²) in [5.74, 6) is -0.505. The Morgan fingerprint density at radius 2 is 1.07 bits per heavy atom. The molecular weight excluding hydrogens is 368 g/mol. The molecule has 0 bridgehead atoms. The molecule has 8 nitrogen and oxygen atoms in total. The summed E-state index contributed by atoms with van der Waals surface area (Å²) >= 11 is 0. The maximum Gasteiger partial charge on any atom is 0.306 e. The number of carbonyl (C=O) groups is 2. The van der Waals surface area contributed by atoms with Gasteiger partial charge < -0.3 is 29.2 Å². The molecule has 0 aliphatic heterocycles. The van der Waals surface area contributed by atoms with E-state index in [4.69, 9.17) is 29.2 Å². The van der Waals surface area contributed by atoms with Crippen LogP contribution in [0.2, 0.25) is 0 Å². The number of unbranched alkanes of at least 4 members (excludes halogenated alkanes) is 4. The van der Waals surface area contributed by atoms with E-state index in [9.17, 15) is 9.59 Å². The summed E-state index contributed by atoms with van der Waals surface area (Å²) in [6.45, 7) is 5.15. The van der Waals surface area contributed by atoms with Gasteiger partial charge in [0.2, 0.25) is 0 Å². The van der Waals surface area contributed by atoms with Crippen LogP contribution < -0.4 is 0 Å². The van der Waals surface area contributed by atoms with Crippen LogP contribution in [-0.2, 0) is 28.5 Å². The number of aliphatic hydroxyl groups is 2. The molecule has 2 N–H and O–H groups in total. The van der Waals surface area contributed by atoms with Gasteiger partial charge in [0.15, 0.2) is 0 Å². The molecule has 0 amide bonds. The average Bonchev–Trinajstić information content (AvgIpc) is 2.65. The number of rotatable bonds is 19. The van der Waals surface area contributed by atoms with E-state index in [2.05, 4.69) is 0 Å². The molecule has 0 aliphatic rings. The fraction of sp³-hybridized carbons (Fsp3) is 0.900. The van der Waals surface area contributed by atoms with Gasteiger partial charge in [-0.3, -0.25) is 9.59 Å². The normalized spacial score (nSPS) is 13.1. The smallest absolute Gasteiger partial charge is 0.306 e. The molecule has 0 saturated heterocycles. The lowest BCUT2D eigenvalue weighted by Gasteiger charge is -2.15. The van der Waals surface area contributed by atoms with Crippen molar-refractivity contribution in [3.63, 3.8) is 0 Å². The van der Waals surface area contributed by atoms with E-state index < -0.39 is 0 Å². The third kappa shape index (κ3) is 18.2. The van der Waals surface area contributed by atoms with Crippen molar-refractivity contribution in [1.82, 2.24) is 0 Å². The van der Waals surface area contributed by atoms with Gasteiger partial charge in [-0.05, 0) is 39.5 Å². The van der Waals surface area contributed by atoms with Crippen LogP contribution in [0.25, 0.3) is 0 Å². The lowest BCUT2D eigenvalue weighted by atomic mass is 10.2. The summed E-state index contributed by atoms with van der Waals surface area (Å²) in [6.07, 6.45) is 4.52. The van der Waals surface area contributed by atoms with Crippen molar-refractivity contribution in [2.75, 3.05) is 39.6 Å². The molecule has 166 valence electrons. The molecule has 2 unspecified atom stereocenters. The zero-order valence-electron chi connectivity index (χ0n) is 17.4. The lowest BCUT2D eigenvalue weighted by Crippen LogP contribution is -2.23. The van der Waals surface area contributed by atoms with Crippen LogP contribution in [0.3, 0.4) is 0 Å². The number of carbonyl (C=O) groups excluding carboxylic acids is 2. The molecule has 0 aliphatic carbocycles. The van der Waals surface area contributed by atoms with Crippen molar-refractivity contribution in [2.45, 2.75) is 77.4 Å². The lowest BCUT2D eigenvalue weighted by molar-refractivity contribution is -0.153. The van der Waals surface area contributed by atoms with Crippen LogP contribution in [0.5, 0.6) is 0 Å². The number of aliphatic hydroxyl groups excluding tert-OH is 2. The highest BCUT2D eigenvalue weighted by Crippen LogP contribution is 2.04. The van der Waals surface area contributed by atoms with Crippen LogP contribution in [0.15, 0.2) is 0 Å². The van der Waals surface area contributed by atoms with Gasteiger partial charge in [0.05, 0.1) is 26.4 Å². The molecule has 0 aromatic rings. The number of hydrogen-bond acceptors (Lipinski definition) is 8.